The van der Waals surface area contributed by atoms with Gasteiger partial charge in [-0.05, 0) is 25.5 Å². The maximum Gasteiger partial charge on any atom is 0.274 e. The lowest BCUT2D eigenvalue weighted by molar-refractivity contribution is 0.0588. The van der Waals surface area contributed by atoms with E-state index in [1.807, 2.05) is 35.7 Å². The van der Waals surface area contributed by atoms with Crippen molar-refractivity contribution in [2.24, 2.45) is 13.0 Å². The zero-order valence-corrected chi connectivity index (χ0v) is 17.8. The molecule has 5 heterocycles. The zero-order valence-electron chi connectivity index (χ0n) is 17.8. The number of aromatic nitrogens is 4. The number of likely N-dealkylation sites (tertiary alicyclic amines) is 1. The zero-order chi connectivity index (χ0) is 21.5. The SMILES string of the molecule is CN(Cc1ccon1)Cc1ccc2n(c1=O)C[C@H]1C[C@@H]2CN(C(=O)c2cn(C)cn2)C1. The summed E-state index contributed by atoms with van der Waals surface area (Å²) < 4.78 is 8.60. The molecule has 9 heteroatoms. The first kappa shape index (κ1) is 19.7. The molecule has 2 bridgehead atoms. The van der Waals surface area contributed by atoms with Gasteiger partial charge < -0.3 is 18.6 Å². The Kier molecular flexibility index (Phi) is 4.97. The number of fused-ring (bicyclic) bond motifs is 4. The van der Waals surface area contributed by atoms with Gasteiger partial charge in [0.05, 0.1) is 12.0 Å². The van der Waals surface area contributed by atoms with Crippen LogP contribution in [0, 0.1) is 5.92 Å². The van der Waals surface area contributed by atoms with Gasteiger partial charge in [0.15, 0.2) is 0 Å². The molecule has 31 heavy (non-hydrogen) atoms. The first-order valence-corrected chi connectivity index (χ1v) is 10.6. The van der Waals surface area contributed by atoms with E-state index in [1.165, 1.54) is 0 Å². The first-order chi connectivity index (χ1) is 15.0. The molecule has 2 atom stereocenters. The van der Waals surface area contributed by atoms with Gasteiger partial charge in [0, 0.05) is 69.2 Å². The minimum atomic E-state index is -0.0304. The number of carbonyl (C=O) groups excluding carboxylic acids is 1. The first-order valence-electron chi connectivity index (χ1n) is 10.6. The predicted octanol–water partition coefficient (Wildman–Crippen LogP) is 1.46. The van der Waals surface area contributed by atoms with Crippen LogP contribution in [0.1, 0.15) is 39.8 Å². The van der Waals surface area contributed by atoms with Crippen molar-refractivity contribution in [2.75, 3.05) is 20.1 Å². The average Bonchev–Trinajstić information content (AvgIpc) is 3.41. The second kappa shape index (κ2) is 7.81. The molecule has 0 spiro atoms. The molecule has 0 N–H and O–H groups in total. The number of hydrogen-bond acceptors (Lipinski definition) is 6. The van der Waals surface area contributed by atoms with E-state index in [-0.39, 0.29) is 23.3 Å². The van der Waals surface area contributed by atoms with E-state index in [0.717, 1.165) is 23.4 Å². The number of aryl methyl sites for hydroxylation is 1. The molecule has 2 aliphatic heterocycles. The molecule has 0 unspecified atom stereocenters. The van der Waals surface area contributed by atoms with Crippen molar-refractivity contribution in [3.05, 3.63) is 70.0 Å². The predicted molar refractivity (Wildman–Crippen MR) is 112 cm³/mol. The Labute approximate surface area is 179 Å². The summed E-state index contributed by atoms with van der Waals surface area (Å²) in [6, 6.07) is 5.83. The third-order valence-electron chi connectivity index (χ3n) is 6.26. The third-order valence-corrected chi connectivity index (χ3v) is 6.26. The molecule has 0 aromatic carbocycles. The van der Waals surface area contributed by atoms with Crippen LogP contribution in [0.15, 0.2) is 46.3 Å². The van der Waals surface area contributed by atoms with Gasteiger partial charge in [0.25, 0.3) is 11.5 Å². The largest absolute Gasteiger partial charge is 0.364 e. The van der Waals surface area contributed by atoms with Crippen LogP contribution in [-0.2, 0) is 26.7 Å². The van der Waals surface area contributed by atoms with E-state index >= 15 is 0 Å². The Bertz CT molecular complexity index is 1150. The fourth-order valence-corrected chi connectivity index (χ4v) is 4.90. The highest BCUT2D eigenvalue weighted by Gasteiger charge is 2.37. The lowest BCUT2D eigenvalue weighted by Crippen LogP contribution is -2.49. The van der Waals surface area contributed by atoms with Crippen LogP contribution in [0.5, 0.6) is 0 Å². The monoisotopic (exact) mass is 422 g/mol. The lowest BCUT2D eigenvalue weighted by Gasteiger charge is -2.42. The highest BCUT2D eigenvalue weighted by Crippen LogP contribution is 2.35. The summed E-state index contributed by atoms with van der Waals surface area (Å²) in [7, 11) is 3.83. The van der Waals surface area contributed by atoms with Gasteiger partial charge in [0.1, 0.15) is 12.0 Å². The molecule has 3 aromatic rings. The molecular formula is C22H26N6O3. The third kappa shape index (κ3) is 3.81. The summed E-state index contributed by atoms with van der Waals surface area (Å²) in [5.74, 6) is 0.423. The van der Waals surface area contributed by atoms with Gasteiger partial charge in [-0.25, -0.2) is 4.98 Å². The van der Waals surface area contributed by atoms with E-state index in [4.69, 9.17) is 4.52 Å². The summed E-state index contributed by atoms with van der Waals surface area (Å²) in [6.45, 7) is 3.10. The molecule has 2 aliphatic rings. The van der Waals surface area contributed by atoms with Gasteiger partial charge in [-0.3, -0.25) is 14.5 Å². The number of carbonyl (C=O) groups is 1. The fraction of sp³-hybridized carbons (Fsp3) is 0.455. The van der Waals surface area contributed by atoms with Crippen molar-refractivity contribution >= 4 is 5.91 Å². The average molecular weight is 422 g/mol. The summed E-state index contributed by atoms with van der Waals surface area (Å²) in [4.78, 5) is 34.3. The molecular weight excluding hydrogens is 396 g/mol. The van der Waals surface area contributed by atoms with Crippen molar-refractivity contribution < 1.29 is 9.32 Å². The Morgan fingerprint density at radius 3 is 2.84 bits per heavy atom. The number of amides is 1. The van der Waals surface area contributed by atoms with Crippen molar-refractivity contribution in [3.63, 3.8) is 0 Å². The van der Waals surface area contributed by atoms with Gasteiger partial charge >= 0.3 is 0 Å². The molecule has 1 fully saturated rings. The van der Waals surface area contributed by atoms with Crippen molar-refractivity contribution in [2.45, 2.75) is 32.0 Å². The highest BCUT2D eigenvalue weighted by molar-refractivity contribution is 5.92. The topological polar surface area (TPSA) is 89.4 Å². The summed E-state index contributed by atoms with van der Waals surface area (Å²) in [6.07, 6.45) is 5.97. The smallest absolute Gasteiger partial charge is 0.274 e. The summed E-state index contributed by atoms with van der Waals surface area (Å²) in [5, 5.41) is 3.94. The molecule has 1 amide bonds. The second-order valence-electron chi connectivity index (χ2n) is 8.80. The summed E-state index contributed by atoms with van der Waals surface area (Å²) >= 11 is 0. The van der Waals surface area contributed by atoms with Crippen LogP contribution in [-0.4, -0.2) is 55.1 Å². The van der Waals surface area contributed by atoms with Gasteiger partial charge in [-0.1, -0.05) is 11.2 Å². The van der Waals surface area contributed by atoms with Crippen molar-refractivity contribution in [1.29, 1.82) is 0 Å². The molecule has 3 aromatic heterocycles. The van der Waals surface area contributed by atoms with Gasteiger partial charge in [-0.15, -0.1) is 0 Å². The maximum absolute atomic E-state index is 13.2. The molecule has 1 saturated heterocycles. The van der Waals surface area contributed by atoms with Crippen molar-refractivity contribution in [1.82, 2.24) is 29.1 Å². The molecule has 0 aliphatic carbocycles. The lowest BCUT2D eigenvalue weighted by atomic mass is 9.83. The highest BCUT2D eigenvalue weighted by atomic mass is 16.5. The number of piperidine rings is 1. The van der Waals surface area contributed by atoms with E-state index in [1.54, 1.807) is 23.4 Å². The Morgan fingerprint density at radius 1 is 1.23 bits per heavy atom. The van der Waals surface area contributed by atoms with Crippen LogP contribution in [0.2, 0.25) is 0 Å². The number of rotatable bonds is 5. The number of imidazole rings is 1. The number of pyridine rings is 1. The molecule has 9 nitrogen and oxygen atoms in total. The minimum Gasteiger partial charge on any atom is -0.364 e. The van der Waals surface area contributed by atoms with Crippen LogP contribution in [0.3, 0.4) is 0 Å². The van der Waals surface area contributed by atoms with E-state index in [2.05, 4.69) is 21.1 Å². The maximum atomic E-state index is 13.2. The normalized spacial score (nSPS) is 20.2. The van der Waals surface area contributed by atoms with E-state index in [9.17, 15) is 9.59 Å². The standard InChI is InChI=1S/C22H26N6O3/c1-25(12-18-5-6-31-24-18)10-16-3-4-20-17-7-15(9-28(20)21(16)29)8-27(11-17)22(30)19-13-26(2)14-23-19/h3-6,13-15,17H,7-12H2,1-2H3/t15-,17+/m0/s1. The second-order valence-corrected chi connectivity index (χ2v) is 8.80. The van der Waals surface area contributed by atoms with Gasteiger partial charge in [0.2, 0.25) is 0 Å². The van der Waals surface area contributed by atoms with Crippen molar-refractivity contribution in [3.8, 4) is 0 Å². The van der Waals surface area contributed by atoms with Gasteiger partial charge in [-0.2, -0.15) is 0 Å². The van der Waals surface area contributed by atoms with Crippen LogP contribution in [0.4, 0.5) is 0 Å². The molecule has 162 valence electrons. The molecule has 0 radical (unpaired) electrons. The molecule has 0 saturated carbocycles. The quantitative estimate of drug-likeness (QED) is 0.619. The number of hydrogen-bond donors (Lipinski definition) is 0. The van der Waals surface area contributed by atoms with E-state index < -0.39 is 0 Å². The van der Waals surface area contributed by atoms with Crippen LogP contribution in [0.25, 0.3) is 0 Å². The van der Waals surface area contributed by atoms with Crippen LogP contribution >= 0.6 is 0 Å². The van der Waals surface area contributed by atoms with E-state index in [0.29, 0.717) is 38.4 Å². The Balaban J connectivity index is 1.34. The fourth-order valence-electron chi connectivity index (χ4n) is 4.90. The summed E-state index contributed by atoms with van der Waals surface area (Å²) in [5.41, 5.74) is 3.20. The minimum absolute atomic E-state index is 0.0304. The van der Waals surface area contributed by atoms with Crippen LogP contribution < -0.4 is 5.56 Å². The Hall–Kier alpha value is -3.20. The Morgan fingerprint density at radius 2 is 2.10 bits per heavy atom. The number of nitrogens with zero attached hydrogens (tertiary/aromatic N) is 6. The molecule has 5 rings (SSSR count).